The highest BCUT2D eigenvalue weighted by atomic mass is 15.1. The topological polar surface area (TPSA) is 15.3 Å². The average Bonchev–Trinajstić information content (AvgIpc) is 2.44. The average molecular weight is 192 g/mol. The molecular formula is C12H20N2. The molecule has 0 unspecified atom stereocenters. The molecule has 2 aliphatic heterocycles. The Morgan fingerprint density at radius 3 is 2.93 bits per heavy atom. The summed E-state index contributed by atoms with van der Waals surface area (Å²) in [4.78, 5) is 2.32. The summed E-state index contributed by atoms with van der Waals surface area (Å²) in [5, 5.41) is 3.42. The Morgan fingerprint density at radius 2 is 2.14 bits per heavy atom. The SMILES string of the molecule is CN1C=C(C2CCNCC2)C=CCC1. The number of piperidine rings is 1. The smallest absolute Gasteiger partial charge is 0.0204 e. The summed E-state index contributed by atoms with van der Waals surface area (Å²) in [6.45, 7) is 3.52. The van der Waals surface area contributed by atoms with Crippen LogP contribution in [0.1, 0.15) is 19.3 Å². The highest BCUT2D eigenvalue weighted by Gasteiger charge is 2.16. The van der Waals surface area contributed by atoms with Crippen LogP contribution < -0.4 is 5.32 Å². The molecule has 0 bridgehead atoms. The number of nitrogens with zero attached hydrogens (tertiary/aromatic N) is 1. The maximum atomic E-state index is 3.42. The zero-order valence-electron chi connectivity index (χ0n) is 9.00. The molecule has 2 aliphatic rings. The summed E-state index contributed by atoms with van der Waals surface area (Å²) >= 11 is 0. The molecule has 1 N–H and O–H groups in total. The highest BCUT2D eigenvalue weighted by molar-refractivity contribution is 5.23. The Labute approximate surface area is 86.7 Å². The third-order valence-corrected chi connectivity index (χ3v) is 3.14. The van der Waals surface area contributed by atoms with E-state index >= 15 is 0 Å². The van der Waals surface area contributed by atoms with Gasteiger partial charge in [0.05, 0.1) is 0 Å². The van der Waals surface area contributed by atoms with Gasteiger partial charge >= 0.3 is 0 Å². The lowest BCUT2D eigenvalue weighted by Crippen LogP contribution is -2.28. The van der Waals surface area contributed by atoms with Crippen LogP contribution in [0.4, 0.5) is 0 Å². The molecule has 0 radical (unpaired) electrons. The summed E-state index contributed by atoms with van der Waals surface area (Å²) in [7, 11) is 2.17. The quantitative estimate of drug-likeness (QED) is 0.681. The van der Waals surface area contributed by atoms with Crippen molar-refractivity contribution < 1.29 is 0 Å². The number of hydrogen-bond acceptors (Lipinski definition) is 2. The van der Waals surface area contributed by atoms with Crippen LogP contribution in [0.25, 0.3) is 0 Å². The van der Waals surface area contributed by atoms with Crippen molar-refractivity contribution in [3.05, 3.63) is 23.9 Å². The second-order valence-electron chi connectivity index (χ2n) is 4.33. The van der Waals surface area contributed by atoms with Gasteiger partial charge in [-0.25, -0.2) is 0 Å². The van der Waals surface area contributed by atoms with Crippen LogP contribution in [0.3, 0.4) is 0 Å². The van der Waals surface area contributed by atoms with E-state index in [0.29, 0.717) is 0 Å². The first-order valence-electron chi connectivity index (χ1n) is 5.65. The molecule has 1 fully saturated rings. The van der Waals surface area contributed by atoms with Crippen molar-refractivity contribution in [2.24, 2.45) is 5.92 Å². The van der Waals surface area contributed by atoms with Crippen LogP contribution in [0.15, 0.2) is 23.9 Å². The number of rotatable bonds is 1. The fraction of sp³-hybridized carbons (Fsp3) is 0.667. The van der Waals surface area contributed by atoms with Crippen LogP contribution in [0, 0.1) is 5.92 Å². The van der Waals surface area contributed by atoms with E-state index in [-0.39, 0.29) is 0 Å². The Balaban J connectivity index is 2.05. The minimum absolute atomic E-state index is 0.785. The summed E-state index contributed by atoms with van der Waals surface area (Å²) in [6, 6.07) is 0. The fourth-order valence-corrected chi connectivity index (χ4v) is 2.26. The van der Waals surface area contributed by atoms with E-state index in [9.17, 15) is 0 Å². The molecule has 2 heterocycles. The zero-order valence-corrected chi connectivity index (χ0v) is 9.00. The van der Waals surface area contributed by atoms with Crippen molar-refractivity contribution in [2.45, 2.75) is 19.3 Å². The van der Waals surface area contributed by atoms with Crippen LogP contribution in [0.5, 0.6) is 0 Å². The predicted molar refractivity (Wildman–Crippen MR) is 60.1 cm³/mol. The van der Waals surface area contributed by atoms with E-state index in [4.69, 9.17) is 0 Å². The highest BCUT2D eigenvalue weighted by Crippen LogP contribution is 2.24. The van der Waals surface area contributed by atoms with Gasteiger partial charge in [0.25, 0.3) is 0 Å². The first kappa shape index (κ1) is 9.78. The zero-order chi connectivity index (χ0) is 9.80. The summed E-state index contributed by atoms with van der Waals surface area (Å²) in [6.07, 6.45) is 10.8. The Kier molecular flexibility index (Phi) is 3.25. The molecule has 1 saturated heterocycles. The van der Waals surface area contributed by atoms with Gasteiger partial charge in [0, 0.05) is 19.8 Å². The van der Waals surface area contributed by atoms with Crippen LogP contribution in [-0.2, 0) is 0 Å². The van der Waals surface area contributed by atoms with Gasteiger partial charge in [-0.15, -0.1) is 0 Å². The third kappa shape index (κ3) is 2.38. The van der Waals surface area contributed by atoms with Gasteiger partial charge in [-0.1, -0.05) is 12.2 Å². The molecule has 0 aromatic rings. The second kappa shape index (κ2) is 4.65. The van der Waals surface area contributed by atoms with Gasteiger partial charge in [0.2, 0.25) is 0 Å². The molecule has 0 atom stereocenters. The Hall–Kier alpha value is -0.760. The number of hydrogen-bond donors (Lipinski definition) is 1. The van der Waals surface area contributed by atoms with E-state index < -0.39 is 0 Å². The largest absolute Gasteiger partial charge is 0.380 e. The van der Waals surface area contributed by atoms with E-state index in [1.165, 1.54) is 37.9 Å². The minimum atomic E-state index is 0.785. The lowest BCUT2D eigenvalue weighted by molar-refractivity contribution is 0.410. The maximum absolute atomic E-state index is 3.42. The molecule has 0 amide bonds. The van der Waals surface area contributed by atoms with E-state index in [1.54, 1.807) is 0 Å². The normalized spacial score (nSPS) is 24.6. The van der Waals surface area contributed by atoms with Gasteiger partial charge in [0.1, 0.15) is 0 Å². The van der Waals surface area contributed by atoms with Gasteiger partial charge in [-0.3, -0.25) is 0 Å². The van der Waals surface area contributed by atoms with E-state index in [2.05, 4.69) is 35.6 Å². The van der Waals surface area contributed by atoms with Crippen molar-refractivity contribution >= 4 is 0 Å². The molecule has 14 heavy (non-hydrogen) atoms. The number of nitrogens with one attached hydrogen (secondary N) is 1. The minimum Gasteiger partial charge on any atom is -0.380 e. The second-order valence-corrected chi connectivity index (χ2v) is 4.33. The molecule has 0 aromatic heterocycles. The van der Waals surface area contributed by atoms with Crippen molar-refractivity contribution in [2.75, 3.05) is 26.7 Å². The summed E-state index contributed by atoms with van der Waals surface area (Å²) < 4.78 is 0. The van der Waals surface area contributed by atoms with Gasteiger partial charge in [-0.05, 0) is 43.8 Å². The van der Waals surface area contributed by atoms with Gasteiger partial charge in [-0.2, -0.15) is 0 Å². The van der Waals surface area contributed by atoms with Crippen LogP contribution in [0.2, 0.25) is 0 Å². The summed E-state index contributed by atoms with van der Waals surface area (Å²) in [5.41, 5.74) is 1.53. The van der Waals surface area contributed by atoms with Crippen LogP contribution >= 0.6 is 0 Å². The van der Waals surface area contributed by atoms with E-state index in [0.717, 1.165) is 12.5 Å². The predicted octanol–water partition coefficient (Wildman–Crippen LogP) is 1.76. The molecular weight excluding hydrogens is 172 g/mol. The third-order valence-electron chi connectivity index (χ3n) is 3.14. The van der Waals surface area contributed by atoms with Crippen molar-refractivity contribution in [1.82, 2.24) is 10.2 Å². The lowest BCUT2D eigenvalue weighted by atomic mass is 9.90. The van der Waals surface area contributed by atoms with Gasteiger partial charge < -0.3 is 10.2 Å². The van der Waals surface area contributed by atoms with Crippen molar-refractivity contribution in [3.8, 4) is 0 Å². The van der Waals surface area contributed by atoms with Crippen LogP contribution in [-0.4, -0.2) is 31.6 Å². The first-order valence-corrected chi connectivity index (χ1v) is 5.65. The molecule has 0 aromatic carbocycles. The molecule has 0 aliphatic carbocycles. The monoisotopic (exact) mass is 192 g/mol. The Morgan fingerprint density at radius 1 is 1.36 bits per heavy atom. The Bertz CT molecular complexity index is 237. The standard InChI is InChI=1S/C12H20N2/c1-14-9-3-2-4-12(10-14)11-5-7-13-8-6-11/h2,4,10-11,13H,3,5-9H2,1H3. The van der Waals surface area contributed by atoms with Gasteiger partial charge in [0.15, 0.2) is 0 Å². The molecule has 0 saturated carbocycles. The molecule has 2 nitrogen and oxygen atoms in total. The fourth-order valence-electron chi connectivity index (χ4n) is 2.26. The lowest BCUT2D eigenvalue weighted by Gasteiger charge is -2.24. The van der Waals surface area contributed by atoms with Crippen molar-refractivity contribution in [3.63, 3.8) is 0 Å². The number of allylic oxidation sites excluding steroid dienone is 2. The molecule has 78 valence electrons. The summed E-state index contributed by atoms with van der Waals surface area (Å²) in [5.74, 6) is 0.785. The molecule has 2 rings (SSSR count). The maximum Gasteiger partial charge on any atom is 0.0204 e. The van der Waals surface area contributed by atoms with E-state index in [1.807, 2.05) is 0 Å². The molecule has 0 spiro atoms. The first-order chi connectivity index (χ1) is 6.86. The van der Waals surface area contributed by atoms with Crippen molar-refractivity contribution in [1.29, 1.82) is 0 Å². The molecule has 2 heteroatoms.